The van der Waals surface area contributed by atoms with E-state index in [0.717, 1.165) is 0 Å². The molecular formula is C13H16FNO3. The summed E-state index contributed by atoms with van der Waals surface area (Å²) in [6, 6.07) is 5.10. The molecule has 18 heavy (non-hydrogen) atoms. The fourth-order valence-corrected chi connectivity index (χ4v) is 2.60. The molecule has 1 aliphatic heterocycles. The third-order valence-electron chi connectivity index (χ3n) is 3.45. The minimum absolute atomic E-state index is 0.404. The summed E-state index contributed by atoms with van der Waals surface area (Å²) in [5, 5.41) is 19.3. The number of hydrogen-bond acceptors (Lipinski definition) is 2. The van der Waals surface area contributed by atoms with Gasteiger partial charge in [0.2, 0.25) is 0 Å². The summed E-state index contributed by atoms with van der Waals surface area (Å²) in [5.41, 5.74) is -0.0769. The summed E-state index contributed by atoms with van der Waals surface area (Å²) in [6.07, 6.45) is -1.51. The molecule has 98 valence electrons. The minimum atomic E-state index is -1.06. The van der Waals surface area contributed by atoms with E-state index in [1.54, 1.807) is 19.9 Å². The molecule has 0 aliphatic carbocycles. The summed E-state index contributed by atoms with van der Waals surface area (Å²) in [7, 11) is 0. The second kappa shape index (κ2) is 4.24. The van der Waals surface area contributed by atoms with Gasteiger partial charge in [0, 0.05) is 5.54 Å². The number of carbonyl (C=O) groups is 1. The lowest BCUT2D eigenvalue weighted by Crippen LogP contribution is -2.66. The minimum Gasteiger partial charge on any atom is -0.465 e. The Balaban J connectivity index is 2.20. The average Bonchev–Trinajstić information content (AvgIpc) is 2.24. The van der Waals surface area contributed by atoms with Gasteiger partial charge < -0.3 is 10.2 Å². The molecular weight excluding hydrogens is 237 g/mol. The van der Waals surface area contributed by atoms with Gasteiger partial charge in [-0.2, -0.15) is 0 Å². The van der Waals surface area contributed by atoms with Crippen LogP contribution in [0.4, 0.5) is 9.18 Å². The van der Waals surface area contributed by atoms with E-state index in [4.69, 9.17) is 5.11 Å². The van der Waals surface area contributed by atoms with E-state index < -0.39 is 29.6 Å². The van der Waals surface area contributed by atoms with E-state index in [9.17, 15) is 14.3 Å². The molecule has 2 N–H and O–H groups in total. The van der Waals surface area contributed by atoms with Crippen molar-refractivity contribution in [1.29, 1.82) is 0 Å². The van der Waals surface area contributed by atoms with Gasteiger partial charge in [-0.15, -0.1) is 0 Å². The SMILES string of the molecule is CC1(C)CC([C@H](O)c2cccc(F)c2)N1C(=O)O. The van der Waals surface area contributed by atoms with Crippen LogP contribution in [0.3, 0.4) is 0 Å². The molecule has 1 aromatic rings. The maximum Gasteiger partial charge on any atom is 0.408 e. The first-order valence-electron chi connectivity index (χ1n) is 5.79. The fraction of sp³-hybridized carbons (Fsp3) is 0.462. The Morgan fingerprint density at radius 3 is 2.72 bits per heavy atom. The molecule has 2 rings (SSSR count). The quantitative estimate of drug-likeness (QED) is 0.850. The van der Waals surface area contributed by atoms with E-state index >= 15 is 0 Å². The number of benzene rings is 1. The van der Waals surface area contributed by atoms with Crippen LogP contribution in [0.25, 0.3) is 0 Å². The zero-order valence-electron chi connectivity index (χ0n) is 10.3. The molecule has 1 heterocycles. The molecule has 1 aromatic carbocycles. The lowest BCUT2D eigenvalue weighted by Gasteiger charge is -2.54. The molecule has 1 unspecified atom stereocenters. The number of carboxylic acid groups (broad SMARTS) is 1. The Morgan fingerprint density at radius 2 is 2.22 bits per heavy atom. The maximum absolute atomic E-state index is 13.1. The number of hydrogen-bond donors (Lipinski definition) is 2. The van der Waals surface area contributed by atoms with Crippen LogP contribution in [0.2, 0.25) is 0 Å². The van der Waals surface area contributed by atoms with Crippen molar-refractivity contribution < 1.29 is 19.4 Å². The highest BCUT2D eigenvalue weighted by Crippen LogP contribution is 2.42. The van der Waals surface area contributed by atoms with Crippen LogP contribution in [0.5, 0.6) is 0 Å². The van der Waals surface area contributed by atoms with Crippen molar-refractivity contribution in [1.82, 2.24) is 4.90 Å². The van der Waals surface area contributed by atoms with Gasteiger partial charge in [-0.25, -0.2) is 9.18 Å². The van der Waals surface area contributed by atoms with Crippen molar-refractivity contribution in [3.05, 3.63) is 35.6 Å². The third kappa shape index (κ3) is 2.06. The number of amides is 1. The second-order valence-electron chi connectivity index (χ2n) is 5.24. The first-order valence-corrected chi connectivity index (χ1v) is 5.79. The van der Waals surface area contributed by atoms with Crippen molar-refractivity contribution >= 4 is 6.09 Å². The molecule has 2 atom stereocenters. The molecule has 1 fully saturated rings. The normalized spacial score (nSPS) is 23.3. The molecule has 1 saturated heterocycles. The fourth-order valence-electron chi connectivity index (χ4n) is 2.60. The molecule has 1 amide bonds. The largest absolute Gasteiger partial charge is 0.465 e. The van der Waals surface area contributed by atoms with E-state index in [1.165, 1.54) is 23.1 Å². The van der Waals surface area contributed by atoms with Gasteiger partial charge in [-0.05, 0) is 38.0 Å². The third-order valence-corrected chi connectivity index (χ3v) is 3.45. The highest BCUT2D eigenvalue weighted by molar-refractivity contribution is 5.68. The number of nitrogens with zero attached hydrogens (tertiary/aromatic N) is 1. The zero-order valence-corrected chi connectivity index (χ0v) is 10.3. The van der Waals surface area contributed by atoms with Crippen LogP contribution >= 0.6 is 0 Å². The Kier molecular flexibility index (Phi) is 3.02. The number of halogens is 1. The average molecular weight is 253 g/mol. The predicted octanol–water partition coefficient (Wildman–Crippen LogP) is 2.39. The van der Waals surface area contributed by atoms with Crippen LogP contribution in [0, 0.1) is 5.82 Å². The van der Waals surface area contributed by atoms with Crippen molar-refractivity contribution in [2.45, 2.75) is 38.0 Å². The van der Waals surface area contributed by atoms with Gasteiger partial charge in [0.05, 0.1) is 12.1 Å². The molecule has 0 bridgehead atoms. The zero-order chi connectivity index (χ0) is 13.5. The Morgan fingerprint density at radius 1 is 1.56 bits per heavy atom. The van der Waals surface area contributed by atoms with Gasteiger partial charge in [0.15, 0.2) is 0 Å². The number of aliphatic hydroxyl groups is 1. The lowest BCUT2D eigenvalue weighted by molar-refractivity contribution is -0.0852. The van der Waals surface area contributed by atoms with Crippen molar-refractivity contribution in [3.63, 3.8) is 0 Å². The Labute approximate surface area is 105 Å². The van der Waals surface area contributed by atoms with Crippen LogP contribution in [0.15, 0.2) is 24.3 Å². The number of likely N-dealkylation sites (tertiary alicyclic amines) is 1. The van der Waals surface area contributed by atoms with Gasteiger partial charge in [-0.3, -0.25) is 4.90 Å². The predicted molar refractivity (Wildman–Crippen MR) is 63.7 cm³/mol. The molecule has 5 heteroatoms. The molecule has 4 nitrogen and oxygen atoms in total. The van der Waals surface area contributed by atoms with Crippen LogP contribution in [-0.4, -0.2) is 32.8 Å². The van der Waals surface area contributed by atoms with E-state index in [1.807, 2.05) is 0 Å². The standard InChI is InChI=1S/C13H16FNO3/c1-13(2)7-10(15(13)12(17)18)11(16)8-4-3-5-9(14)6-8/h3-6,10-11,16H,7H2,1-2H3,(H,17,18)/t10?,11-/m1/s1. The van der Waals surface area contributed by atoms with Gasteiger partial charge in [0.25, 0.3) is 0 Å². The van der Waals surface area contributed by atoms with Gasteiger partial charge in [0.1, 0.15) is 5.82 Å². The van der Waals surface area contributed by atoms with E-state index in [0.29, 0.717) is 12.0 Å². The van der Waals surface area contributed by atoms with Crippen LogP contribution in [0.1, 0.15) is 31.9 Å². The van der Waals surface area contributed by atoms with E-state index in [2.05, 4.69) is 0 Å². The summed E-state index contributed by atoms with van der Waals surface area (Å²) < 4.78 is 13.1. The summed E-state index contributed by atoms with van der Waals surface area (Å²) >= 11 is 0. The molecule has 0 aromatic heterocycles. The molecule has 0 radical (unpaired) electrons. The molecule has 1 aliphatic rings. The second-order valence-corrected chi connectivity index (χ2v) is 5.24. The lowest BCUT2D eigenvalue weighted by atomic mass is 9.78. The first-order chi connectivity index (χ1) is 8.33. The van der Waals surface area contributed by atoms with Crippen LogP contribution in [-0.2, 0) is 0 Å². The van der Waals surface area contributed by atoms with Crippen LogP contribution < -0.4 is 0 Å². The summed E-state index contributed by atoms with van der Waals surface area (Å²) in [5.74, 6) is -0.438. The number of aliphatic hydroxyl groups excluding tert-OH is 1. The highest BCUT2D eigenvalue weighted by atomic mass is 19.1. The topological polar surface area (TPSA) is 60.8 Å². The van der Waals surface area contributed by atoms with E-state index in [-0.39, 0.29) is 0 Å². The smallest absolute Gasteiger partial charge is 0.408 e. The maximum atomic E-state index is 13.1. The monoisotopic (exact) mass is 253 g/mol. The van der Waals surface area contributed by atoms with Crippen molar-refractivity contribution in [2.75, 3.05) is 0 Å². The van der Waals surface area contributed by atoms with Gasteiger partial charge in [-0.1, -0.05) is 12.1 Å². The highest BCUT2D eigenvalue weighted by Gasteiger charge is 2.51. The Bertz CT molecular complexity index is 475. The summed E-state index contributed by atoms with van der Waals surface area (Å²) in [6.45, 7) is 3.60. The first kappa shape index (κ1) is 12.8. The summed E-state index contributed by atoms with van der Waals surface area (Å²) in [4.78, 5) is 12.4. The number of rotatable bonds is 2. The van der Waals surface area contributed by atoms with Crippen molar-refractivity contribution in [2.24, 2.45) is 0 Å². The Hall–Kier alpha value is -1.62. The van der Waals surface area contributed by atoms with Gasteiger partial charge >= 0.3 is 6.09 Å². The molecule has 0 spiro atoms. The van der Waals surface area contributed by atoms with Crippen molar-refractivity contribution in [3.8, 4) is 0 Å². The molecule has 0 saturated carbocycles.